The molecule has 0 bridgehead atoms. The summed E-state index contributed by atoms with van der Waals surface area (Å²) in [5.41, 5.74) is 5.91. The number of rotatable bonds is 6. The Morgan fingerprint density at radius 3 is 2.33 bits per heavy atom. The van der Waals surface area contributed by atoms with Gasteiger partial charge in [0.25, 0.3) is 0 Å². The second kappa shape index (κ2) is 5.89. The third kappa shape index (κ3) is 8.92. The van der Waals surface area contributed by atoms with E-state index in [0.717, 1.165) is 0 Å². The van der Waals surface area contributed by atoms with Crippen molar-refractivity contribution in [2.75, 3.05) is 13.2 Å². The lowest BCUT2D eigenvalue weighted by atomic mass is 10.3. The summed E-state index contributed by atoms with van der Waals surface area (Å²) in [6, 6.07) is 0. The third-order valence-electron chi connectivity index (χ3n) is 1.20. The average molecular weight is 261 g/mol. The third-order valence-corrected chi connectivity index (χ3v) is 3.35. The molecule has 1 atom stereocenters. The van der Waals surface area contributed by atoms with Crippen LogP contribution in [0.5, 0.6) is 0 Å². The van der Waals surface area contributed by atoms with Crippen molar-refractivity contribution in [2.45, 2.75) is 6.92 Å². The minimum atomic E-state index is -5.04. The van der Waals surface area contributed by atoms with E-state index in [4.69, 9.17) is 20.4 Å². The van der Waals surface area contributed by atoms with E-state index >= 15 is 0 Å². The van der Waals surface area contributed by atoms with Crippen LogP contribution in [-0.2, 0) is 18.0 Å². The van der Waals surface area contributed by atoms with E-state index in [0.29, 0.717) is 5.57 Å². The van der Waals surface area contributed by atoms with Gasteiger partial charge in [0.1, 0.15) is 0 Å². The molecule has 5 N–H and O–H groups in total. The van der Waals surface area contributed by atoms with Gasteiger partial charge in [-0.2, -0.15) is 4.31 Å². The Balaban J connectivity index is 4.18. The Morgan fingerprint density at radius 1 is 1.40 bits per heavy atom. The van der Waals surface area contributed by atoms with E-state index < -0.39 is 15.6 Å². The van der Waals surface area contributed by atoms with Crippen LogP contribution in [0.15, 0.2) is 11.6 Å². The molecular formula is C5H13NO7P2. The Hall–Kier alpha value is -0.0400. The van der Waals surface area contributed by atoms with Crippen molar-refractivity contribution in [3.63, 3.8) is 0 Å². The Morgan fingerprint density at radius 2 is 1.93 bits per heavy atom. The second-order valence-corrected chi connectivity index (χ2v) is 5.42. The van der Waals surface area contributed by atoms with Crippen LogP contribution in [0.2, 0.25) is 0 Å². The van der Waals surface area contributed by atoms with Gasteiger partial charge in [-0.3, -0.25) is 4.52 Å². The Kier molecular flexibility index (Phi) is 5.87. The average Bonchev–Trinajstić information content (AvgIpc) is 1.98. The van der Waals surface area contributed by atoms with Crippen molar-refractivity contribution in [2.24, 2.45) is 5.73 Å². The second-order valence-electron chi connectivity index (χ2n) is 2.59. The first-order valence-corrected chi connectivity index (χ1v) is 6.79. The van der Waals surface area contributed by atoms with Gasteiger partial charge in [-0.05, 0) is 6.92 Å². The molecule has 15 heavy (non-hydrogen) atoms. The zero-order valence-corrected chi connectivity index (χ0v) is 9.73. The fourth-order valence-electron chi connectivity index (χ4n) is 0.515. The summed E-state index contributed by atoms with van der Waals surface area (Å²) in [7, 11) is -9.77. The normalized spacial score (nSPS) is 17.5. The molecule has 8 nitrogen and oxygen atoms in total. The quantitative estimate of drug-likeness (QED) is 0.390. The minimum absolute atomic E-state index is 0.248. The first-order chi connectivity index (χ1) is 6.66. The maximum atomic E-state index is 10.9. The van der Waals surface area contributed by atoms with Crippen LogP contribution >= 0.6 is 15.6 Å². The van der Waals surface area contributed by atoms with Crippen LogP contribution in [0, 0.1) is 0 Å². The molecule has 0 aromatic rings. The van der Waals surface area contributed by atoms with E-state index in [-0.39, 0.29) is 13.2 Å². The lowest BCUT2D eigenvalue weighted by molar-refractivity contribution is 0.191. The monoisotopic (exact) mass is 261 g/mol. The van der Waals surface area contributed by atoms with E-state index in [1.807, 2.05) is 0 Å². The molecule has 0 fully saturated rings. The van der Waals surface area contributed by atoms with Crippen LogP contribution in [-0.4, -0.2) is 27.8 Å². The summed E-state index contributed by atoms with van der Waals surface area (Å²) >= 11 is 0. The van der Waals surface area contributed by atoms with Crippen molar-refractivity contribution in [1.29, 1.82) is 0 Å². The van der Waals surface area contributed by atoms with Crippen LogP contribution in [0.1, 0.15) is 6.92 Å². The smallest absolute Gasteiger partial charge is 0.327 e. The standard InChI is InChI=1S/C5H13NO7P2/c1-5(4-6)2-3-12-15(10,11)13-14(7,8)9/h2H,3-4,6H2,1H3,(H,10,11)(H2,7,8,9)/b5-2+. The zero-order chi connectivity index (χ0) is 12.1. The first-order valence-electron chi connectivity index (χ1n) is 3.76. The van der Waals surface area contributed by atoms with Gasteiger partial charge in [-0.1, -0.05) is 11.6 Å². The van der Waals surface area contributed by atoms with Crippen LogP contribution in [0.3, 0.4) is 0 Å². The summed E-state index contributed by atoms with van der Waals surface area (Å²) in [6.45, 7) is 1.59. The highest BCUT2D eigenvalue weighted by molar-refractivity contribution is 7.60. The highest BCUT2D eigenvalue weighted by atomic mass is 31.3. The summed E-state index contributed by atoms with van der Waals surface area (Å²) in [5, 5.41) is 0. The molecule has 1 unspecified atom stereocenters. The molecule has 0 heterocycles. The largest absolute Gasteiger partial charge is 0.481 e. The van der Waals surface area contributed by atoms with E-state index in [1.165, 1.54) is 6.08 Å². The van der Waals surface area contributed by atoms with Gasteiger partial charge in [0.15, 0.2) is 0 Å². The molecule has 90 valence electrons. The molecule has 0 aromatic carbocycles. The maximum Gasteiger partial charge on any atom is 0.481 e. The fourth-order valence-corrected chi connectivity index (χ4v) is 2.04. The van der Waals surface area contributed by atoms with Gasteiger partial charge in [-0.25, -0.2) is 9.13 Å². The zero-order valence-electron chi connectivity index (χ0n) is 7.94. The predicted molar refractivity (Wildman–Crippen MR) is 51.7 cm³/mol. The molecule has 0 saturated carbocycles. The lowest BCUT2D eigenvalue weighted by Gasteiger charge is -2.11. The summed E-state index contributed by atoms with van der Waals surface area (Å²) in [4.78, 5) is 25.3. The van der Waals surface area contributed by atoms with Gasteiger partial charge >= 0.3 is 15.6 Å². The summed E-state index contributed by atoms with van der Waals surface area (Å²) in [5.74, 6) is 0. The molecule has 0 aliphatic rings. The van der Waals surface area contributed by atoms with Crippen molar-refractivity contribution in [3.05, 3.63) is 11.6 Å². The highest BCUT2D eigenvalue weighted by Crippen LogP contribution is 2.57. The highest BCUT2D eigenvalue weighted by Gasteiger charge is 2.31. The number of phosphoric acid groups is 2. The number of nitrogens with two attached hydrogens (primary N) is 1. The summed E-state index contributed by atoms with van der Waals surface area (Å²) in [6.07, 6.45) is 1.39. The molecule has 0 aliphatic heterocycles. The van der Waals surface area contributed by atoms with Gasteiger partial charge in [-0.15, -0.1) is 0 Å². The number of phosphoric ester groups is 1. The van der Waals surface area contributed by atoms with Crippen molar-refractivity contribution in [1.82, 2.24) is 0 Å². The predicted octanol–water partition coefficient (Wildman–Crippen LogP) is 0.118. The van der Waals surface area contributed by atoms with Crippen molar-refractivity contribution < 1.29 is 32.6 Å². The topological polar surface area (TPSA) is 139 Å². The van der Waals surface area contributed by atoms with E-state index in [2.05, 4.69) is 8.83 Å². The van der Waals surface area contributed by atoms with Crippen molar-refractivity contribution >= 4 is 15.6 Å². The van der Waals surface area contributed by atoms with Gasteiger partial charge in [0, 0.05) is 6.54 Å². The van der Waals surface area contributed by atoms with Crippen molar-refractivity contribution in [3.8, 4) is 0 Å². The minimum Gasteiger partial charge on any atom is -0.327 e. The Labute approximate surface area is 86.6 Å². The Bertz CT molecular complexity index is 321. The molecule has 0 amide bonds. The lowest BCUT2D eigenvalue weighted by Crippen LogP contribution is -2.01. The van der Waals surface area contributed by atoms with E-state index in [1.54, 1.807) is 6.92 Å². The maximum absolute atomic E-state index is 10.9. The molecule has 0 saturated heterocycles. The van der Waals surface area contributed by atoms with Gasteiger partial charge in [0.05, 0.1) is 6.61 Å². The SMILES string of the molecule is C/C(=C\COP(=O)(O)OP(=O)(O)O)CN. The summed E-state index contributed by atoms with van der Waals surface area (Å²) < 4.78 is 28.9. The fraction of sp³-hybridized carbons (Fsp3) is 0.600. The number of hydrogen-bond donors (Lipinski definition) is 4. The first kappa shape index (κ1) is 15.0. The van der Waals surface area contributed by atoms with Crippen LogP contribution in [0.4, 0.5) is 0 Å². The molecule has 0 spiro atoms. The van der Waals surface area contributed by atoms with Gasteiger partial charge < -0.3 is 20.4 Å². The van der Waals surface area contributed by atoms with Gasteiger partial charge in [0.2, 0.25) is 0 Å². The molecule has 0 aromatic heterocycles. The molecule has 0 aliphatic carbocycles. The van der Waals surface area contributed by atoms with E-state index in [9.17, 15) is 9.13 Å². The van der Waals surface area contributed by atoms with Crippen LogP contribution < -0.4 is 5.73 Å². The number of hydrogen-bond acceptors (Lipinski definition) is 5. The van der Waals surface area contributed by atoms with Crippen LogP contribution in [0.25, 0.3) is 0 Å². The molecule has 0 rings (SSSR count). The molecule has 0 radical (unpaired) electrons. The molecular weight excluding hydrogens is 248 g/mol. The molecule has 10 heteroatoms.